The summed E-state index contributed by atoms with van der Waals surface area (Å²) in [5, 5.41) is 9.90. The summed E-state index contributed by atoms with van der Waals surface area (Å²) in [4.78, 5) is -0.218. The Bertz CT molecular complexity index is 940. The molecule has 0 aromatic heterocycles. The molecule has 3 rings (SSSR count). The Balaban J connectivity index is 2.15. The second-order valence-corrected chi connectivity index (χ2v) is 7.97. The average molecular weight is 375 g/mol. The number of halogens is 4. The molecule has 0 aliphatic heterocycles. The molecular weight excluding hydrogens is 362 g/mol. The second-order valence-electron chi connectivity index (χ2n) is 5.85. The van der Waals surface area contributed by atoms with Gasteiger partial charge in [0.25, 0.3) is 5.92 Å². The van der Waals surface area contributed by atoms with Crippen molar-refractivity contribution >= 4 is 9.73 Å². The van der Waals surface area contributed by atoms with Gasteiger partial charge in [-0.3, -0.25) is 0 Å². The van der Waals surface area contributed by atoms with Gasteiger partial charge in [0.15, 0.2) is 0 Å². The number of ether oxygens (including phenoxy) is 1. The van der Waals surface area contributed by atoms with Gasteiger partial charge in [-0.2, -0.15) is 0 Å². The molecule has 1 aliphatic rings. The Morgan fingerprint density at radius 1 is 1.24 bits per heavy atom. The fourth-order valence-electron chi connectivity index (χ4n) is 2.80. The van der Waals surface area contributed by atoms with Crippen molar-refractivity contribution in [3.05, 3.63) is 53.1 Å². The van der Waals surface area contributed by atoms with E-state index >= 15 is 0 Å². The van der Waals surface area contributed by atoms with E-state index in [2.05, 4.69) is 0 Å². The lowest BCUT2D eigenvalue weighted by atomic mass is 10.1. The summed E-state index contributed by atoms with van der Waals surface area (Å²) in [7, 11) is -3.38. The summed E-state index contributed by atoms with van der Waals surface area (Å²) in [6, 6.07) is 4.72. The number of benzene rings is 2. The number of hydrogen-bond donors (Lipinski definition) is 2. The molecule has 134 valence electrons. The molecule has 1 aliphatic carbocycles. The minimum absolute atomic E-state index is 0.138. The van der Waals surface area contributed by atoms with E-state index in [1.165, 1.54) is 6.07 Å². The van der Waals surface area contributed by atoms with E-state index < -0.39 is 39.8 Å². The van der Waals surface area contributed by atoms with Crippen LogP contribution in [-0.2, 0) is 16.1 Å². The number of fused-ring (bicyclic) bond motifs is 1. The summed E-state index contributed by atoms with van der Waals surface area (Å²) in [6.07, 6.45) is -2.09. The molecule has 2 aromatic rings. The second kappa shape index (κ2) is 5.70. The summed E-state index contributed by atoms with van der Waals surface area (Å²) in [5.74, 6) is -5.74. The van der Waals surface area contributed by atoms with Crippen LogP contribution < -0.4 is 4.74 Å². The predicted octanol–water partition coefficient (Wildman–Crippen LogP) is 4.02. The fourth-order valence-corrected chi connectivity index (χ4v) is 3.78. The van der Waals surface area contributed by atoms with Crippen LogP contribution in [0.4, 0.5) is 17.6 Å². The Morgan fingerprint density at radius 3 is 2.40 bits per heavy atom. The Morgan fingerprint density at radius 2 is 1.84 bits per heavy atom. The first-order chi connectivity index (χ1) is 11.5. The molecular formula is C16H13F4NO3S. The van der Waals surface area contributed by atoms with E-state index in [1.807, 2.05) is 0 Å². The van der Waals surface area contributed by atoms with Gasteiger partial charge >= 0.3 is 0 Å². The summed E-state index contributed by atoms with van der Waals surface area (Å²) >= 11 is 0. The number of alkyl halides is 2. The zero-order valence-corrected chi connectivity index (χ0v) is 13.7. The third-order valence-corrected chi connectivity index (χ3v) is 5.04. The normalized spacial score (nSPS) is 20.8. The Hall–Kier alpha value is -2.13. The molecule has 0 bridgehead atoms. The van der Waals surface area contributed by atoms with Gasteiger partial charge < -0.3 is 9.84 Å². The highest BCUT2D eigenvalue weighted by Crippen LogP contribution is 2.49. The molecule has 0 saturated heterocycles. The molecule has 2 aromatic carbocycles. The zero-order valence-electron chi connectivity index (χ0n) is 12.9. The molecule has 25 heavy (non-hydrogen) atoms. The minimum Gasteiger partial charge on any atom is -0.457 e. The topological polar surface area (TPSA) is 70.4 Å². The van der Waals surface area contributed by atoms with Crippen molar-refractivity contribution in [2.75, 3.05) is 6.26 Å². The van der Waals surface area contributed by atoms with Crippen LogP contribution in [0.2, 0.25) is 0 Å². The maximum absolute atomic E-state index is 14.0. The van der Waals surface area contributed by atoms with Crippen LogP contribution in [-0.4, -0.2) is 21.5 Å². The highest BCUT2D eigenvalue weighted by Gasteiger charge is 2.50. The SMILES string of the molecule is CS(=N)(=O)c1ccc(Oc2cc(F)cc(F)c2)c2c1[C@H](O)C(F)(F)C2. The molecule has 2 N–H and O–H groups in total. The van der Waals surface area contributed by atoms with Crippen molar-refractivity contribution in [1.29, 1.82) is 4.78 Å². The van der Waals surface area contributed by atoms with Crippen LogP contribution in [0.1, 0.15) is 17.2 Å². The number of rotatable bonds is 3. The monoisotopic (exact) mass is 375 g/mol. The van der Waals surface area contributed by atoms with Gasteiger partial charge in [0.2, 0.25) is 0 Å². The molecule has 0 amide bonds. The summed E-state index contributed by atoms with van der Waals surface area (Å²) in [6.45, 7) is 0. The molecule has 0 radical (unpaired) electrons. The Kier molecular flexibility index (Phi) is 4.03. The maximum atomic E-state index is 14.0. The largest absolute Gasteiger partial charge is 0.457 e. The van der Waals surface area contributed by atoms with E-state index in [-0.39, 0.29) is 27.5 Å². The lowest BCUT2D eigenvalue weighted by molar-refractivity contribution is -0.0976. The van der Waals surface area contributed by atoms with Gasteiger partial charge in [-0.1, -0.05) is 0 Å². The van der Waals surface area contributed by atoms with Crippen molar-refractivity contribution in [1.82, 2.24) is 0 Å². The molecule has 2 atom stereocenters. The van der Waals surface area contributed by atoms with E-state index in [0.29, 0.717) is 6.07 Å². The molecule has 1 unspecified atom stereocenters. The van der Waals surface area contributed by atoms with E-state index in [1.54, 1.807) is 0 Å². The summed E-state index contributed by atoms with van der Waals surface area (Å²) < 4.78 is 79.5. The quantitative estimate of drug-likeness (QED) is 0.796. The summed E-state index contributed by atoms with van der Waals surface area (Å²) in [5.41, 5.74) is -0.469. The first kappa shape index (κ1) is 17.7. The van der Waals surface area contributed by atoms with Gasteiger partial charge in [-0.25, -0.2) is 26.6 Å². The number of nitrogens with one attached hydrogen (secondary N) is 1. The smallest absolute Gasteiger partial charge is 0.281 e. The Labute approximate surface area is 141 Å². The van der Waals surface area contributed by atoms with Gasteiger partial charge in [0.05, 0.1) is 14.6 Å². The number of aliphatic hydroxyl groups excluding tert-OH is 1. The van der Waals surface area contributed by atoms with Crippen molar-refractivity contribution < 1.29 is 31.6 Å². The van der Waals surface area contributed by atoms with Gasteiger partial charge in [0, 0.05) is 42.0 Å². The van der Waals surface area contributed by atoms with Crippen LogP contribution in [0.5, 0.6) is 11.5 Å². The van der Waals surface area contributed by atoms with Crippen molar-refractivity contribution in [2.24, 2.45) is 0 Å². The van der Waals surface area contributed by atoms with Crippen LogP contribution >= 0.6 is 0 Å². The highest BCUT2D eigenvalue weighted by atomic mass is 32.2. The molecule has 0 fully saturated rings. The first-order valence-electron chi connectivity index (χ1n) is 7.08. The molecule has 9 heteroatoms. The standard InChI is InChI=1S/C16H13F4NO3S/c1-25(21,23)13-3-2-12(11-7-16(19,20)15(22)14(11)13)24-10-5-8(17)4-9(18)6-10/h2-6,15,21-22H,7H2,1H3/t15-,25?/m0/s1. The zero-order chi connectivity index (χ0) is 18.6. The van der Waals surface area contributed by atoms with Gasteiger partial charge in [-0.15, -0.1) is 0 Å². The van der Waals surface area contributed by atoms with E-state index in [0.717, 1.165) is 24.5 Å². The first-order valence-corrected chi connectivity index (χ1v) is 9.05. The lowest BCUT2D eigenvalue weighted by Gasteiger charge is -2.16. The maximum Gasteiger partial charge on any atom is 0.281 e. The highest BCUT2D eigenvalue weighted by molar-refractivity contribution is 7.91. The third kappa shape index (κ3) is 3.21. The minimum atomic E-state index is -3.53. The van der Waals surface area contributed by atoms with Gasteiger partial charge in [-0.05, 0) is 12.1 Å². The van der Waals surface area contributed by atoms with Crippen LogP contribution in [0, 0.1) is 16.4 Å². The van der Waals surface area contributed by atoms with Crippen LogP contribution in [0.15, 0.2) is 35.2 Å². The van der Waals surface area contributed by atoms with Gasteiger partial charge in [0.1, 0.15) is 29.2 Å². The molecule has 0 heterocycles. The van der Waals surface area contributed by atoms with Crippen LogP contribution in [0.3, 0.4) is 0 Å². The van der Waals surface area contributed by atoms with E-state index in [4.69, 9.17) is 9.52 Å². The number of aliphatic hydroxyl groups is 1. The predicted molar refractivity (Wildman–Crippen MR) is 81.5 cm³/mol. The van der Waals surface area contributed by atoms with Crippen LogP contribution in [0.25, 0.3) is 0 Å². The molecule has 0 spiro atoms. The van der Waals surface area contributed by atoms with Crippen molar-refractivity contribution in [2.45, 2.75) is 23.3 Å². The third-order valence-electron chi connectivity index (χ3n) is 3.84. The lowest BCUT2D eigenvalue weighted by Crippen LogP contribution is -2.22. The molecule has 4 nitrogen and oxygen atoms in total. The van der Waals surface area contributed by atoms with Crippen molar-refractivity contribution in [3.8, 4) is 11.5 Å². The number of hydrogen-bond acceptors (Lipinski definition) is 4. The fraction of sp³-hybridized carbons (Fsp3) is 0.250. The van der Waals surface area contributed by atoms with E-state index in [9.17, 15) is 26.9 Å². The molecule has 0 saturated carbocycles. The van der Waals surface area contributed by atoms with Crippen molar-refractivity contribution in [3.63, 3.8) is 0 Å². The average Bonchev–Trinajstić information content (AvgIpc) is 2.68.